The highest BCUT2D eigenvalue weighted by Gasteiger charge is 2.31. The molecule has 0 rings (SSSR count). The molecule has 4 heteroatoms. The molecular formula is C15H32N2O2. The average molecular weight is 272 g/mol. The van der Waals surface area contributed by atoms with Gasteiger partial charge in [0.2, 0.25) is 0 Å². The lowest BCUT2D eigenvalue weighted by molar-refractivity contribution is -0.143. The van der Waals surface area contributed by atoms with Crippen molar-refractivity contribution < 1.29 is 9.90 Å². The number of carbonyl (C=O) groups is 1. The van der Waals surface area contributed by atoms with Crippen LogP contribution >= 0.6 is 0 Å². The molecule has 2 unspecified atom stereocenters. The van der Waals surface area contributed by atoms with E-state index in [4.69, 9.17) is 10.8 Å². The van der Waals surface area contributed by atoms with Crippen LogP contribution in [0.5, 0.6) is 0 Å². The molecule has 0 saturated heterocycles. The van der Waals surface area contributed by atoms with E-state index in [0.29, 0.717) is 18.9 Å². The van der Waals surface area contributed by atoms with Gasteiger partial charge in [-0.25, -0.2) is 0 Å². The molecule has 2 atom stereocenters. The van der Waals surface area contributed by atoms with Gasteiger partial charge in [-0.3, -0.25) is 4.79 Å². The van der Waals surface area contributed by atoms with E-state index in [1.165, 1.54) is 12.8 Å². The second-order valence-electron chi connectivity index (χ2n) is 5.57. The number of carboxylic acid groups (broad SMARTS) is 1. The van der Waals surface area contributed by atoms with Crippen LogP contribution in [-0.4, -0.2) is 40.6 Å². The van der Waals surface area contributed by atoms with Crippen molar-refractivity contribution in [1.29, 1.82) is 0 Å². The zero-order valence-electron chi connectivity index (χ0n) is 13.1. The third-order valence-corrected chi connectivity index (χ3v) is 4.14. The van der Waals surface area contributed by atoms with E-state index < -0.39 is 11.5 Å². The van der Waals surface area contributed by atoms with Gasteiger partial charge in [0.15, 0.2) is 0 Å². The molecule has 0 amide bonds. The summed E-state index contributed by atoms with van der Waals surface area (Å²) in [6, 6.07) is 0.560. The van der Waals surface area contributed by atoms with Crippen molar-refractivity contribution in [2.45, 2.75) is 77.8 Å². The number of carboxylic acids is 1. The molecule has 114 valence electrons. The van der Waals surface area contributed by atoms with Gasteiger partial charge >= 0.3 is 5.97 Å². The lowest BCUT2D eigenvalue weighted by atomic mass is 9.91. The summed E-state index contributed by atoms with van der Waals surface area (Å²) in [5, 5.41) is 9.16. The molecule has 0 spiro atoms. The van der Waals surface area contributed by atoms with E-state index >= 15 is 0 Å². The van der Waals surface area contributed by atoms with Gasteiger partial charge in [0.25, 0.3) is 0 Å². The molecule has 0 saturated carbocycles. The van der Waals surface area contributed by atoms with E-state index in [2.05, 4.69) is 25.7 Å². The fraction of sp³-hybridized carbons (Fsp3) is 0.933. The van der Waals surface area contributed by atoms with Crippen LogP contribution in [0, 0.1) is 0 Å². The number of nitrogens with two attached hydrogens (primary N) is 1. The van der Waals surface area contributed by atoms with E-state index in [0.717, 1.165) is 25.9 Å². The largest absolute Gasteiger partial charge is 0.480 e. The highest BCUT2D eigenvalue weighted by Crippen LogP contribution is 2.16. The van der Waals surface area contributed by atoms with E-state index in [1.807, 2.05) is 6.92 Å². The van der Waals surface area contributed by atoms with Gasteiger partial charge in [0.1, 0.15) is 5.54 Å². The minimum Gasteiger partial charge on any atom is -0.480 e. The molecule has 0 heterocycles. The number of aliphatic carboxylic acids is 1. The van der Waals surface area contributed by atoms with E-state index in [9.17, 15) is 4.79 Å². The van der Waals surface area contributed by atoms with Crippen LogP contribution < -0.4 is 5.73 Å². The first-order valence-electron chi connectivity index (χ1n) is 7.67. The summed E-state index contributed by atoms with van der Waals surface area (Å²) in [4.78, 5) is 13.6. The van der Waals surface area contributed by atoms with E-state index in [1.54, 1.807) is 0 Å². The van der Waals surface area contributed by atoms with Crippen LogP contribution in [-0.2, 0) is 4.79 Å². The maximum Gasteiger partial charge on any atom is 0.323 e. The Hall–Kier alpha value is -0.610. The summed E-state index contributed by atoms with van der Waals surface area (Å²) in [6.07, 6.45) is 5.41. The van der Waals surface area contributed by atoms with Gasteiger partial charge < -0.3 is 15.7 Å². The zero-order chi connectivity index (χ0) is 14.9. The average Bonchev–Trinajstić information content (AvgIpc) is 2.41. The van der Waals surface area contributed by atoms with Crippen molar-refractivity contribution in [1.82, 2.24) is 4.90 Å². The van der Waals surface area contributed by atoms with Crippen LogP contribution in [0.2, 0.25) is 0 Å². The number of hydrogen-bond donors (Lipinski definition) is 2. The smallest absolute Gasteiger partial charge is 0.323 e. The van der Waals surface area contributed by atoms with Gasteiger partial charge in [-0.2, -0.15) is 0 Å². The molecule has 0 aromatic heterocycles. The van der Waals surface area contributed by atoms with Crippen molar-refractivity contribution in [2.24, 2.45) is 5.73 Å². The second kappa shape index (κ2) is 9.32. The van der Waals surface area contributed by atoms with Crippen LogP contribution in [0.1, 0.15) is 66.2 Å². The number of unbranched alkanes of at least 4 members (excludes halogenated alkanes) is 1. The molecule has 0 aromatic rings. The first kappa shape index (κ1) is 18.4. The van der Waals surface area contributed by atoms with Gasteiger partial charge in [-0.05, 0) is 52.1 Å². The third-order valence-electron chi connectivity index (χ3n) is 4.14. The molecule has 0 aromatic carbocycles. The van der Waals surface area contributed by atoms with Crippen molar-refractivity contribution in [3.8, 4) is 0 Å². The summed E-state index contributed by atoms with van der Waals surface area (Å²) in [5.41, 5.74) is 4.87. The van der Waals surface area contributed by atoms with Gasteiger partial charge in [-0.15, -0.1) is 0 Å². The molecule has 3 N–H and O–H groups in total. The maximum atomic E-state index is 11.2. The summed E-state index contributed by atoms with van der Waals surface area (Å²) in [6.45, 7) is 10.5. The summed E-state index contributed by atoms with van der Waals surface area (Å²) in [7, 11) is 0. The lowest BCUT2D eigenvalue weighted by Crippen LogP contribution is -2.48. The quantitative estimate of drug-likeness (QED) is 0.607. The summed E-state index contributed by atoms with van der Waals surface area (Å²) < 4.78 is 0. The Morgan fingerprint density at radius 1 is 1.26 bits per heavy atom. The van der Waals surface area contributed by atoms with Crippen LogP contribution in [0.3, 0.4) is 0 Å². The number of nitrogens with zero attached hydrogens (tertiary/aromatic N) is 1. The Morgan fingerprint density at radius 3 is 2.26 bits per heavy atom. The van der Waals surface area contributed by atoms with Crippen molar-refractivity contribution >= 4 is 5.97 Å². The Balaban J connectivity index is 4.27. The molecule has 0 aliphatic rings. The number of hydrogen-bond acceptors (Lipinski definition) is 3. The first-order valence-corrected chi connectivity index (χ1v) is 7.67. The normalized spacial score (nSPS) is 16.3. The van der Waals surface area contributed by atoms with Gasteiger partial charge in [0, 0.05) is 6.04 Å². The lowest BCUT2D eigenvalue weighted by Gasteiger charge is -2.30. The third kappa shape index (κ3) is 6.39. The molecule has 19 heavy (non-hydrogen) atoms. The predicted octanol–water partition coefficient (Wildman–Crippen LogP) is 2.86. The predicted molar refractivity (Wildman–Crippen MR) is 80.3 cm³/mol. The first-order chi connectivity index (χ1) is 8.91. The van der Waals surface area contributed by atoms with Crippen LogP contribution in [0.25, 0.3) is 0 Å². The Morgan fingerprint density at radius 2 is 1.84 bits per heavy atom. The Labute approximate surface area is 118 Å². The highest BCUT2D eigenvalue weighted by atomic mass is 16.4. The molecular weight excluding hydrogens is 240 g/mol. The Kier molecular flexibility index (Phi) is 9.02. The molecule has 0 aliphatic carbocycles. The maximum absolute atomic E-state index is 11.2. The van der Waals surface area contributed by atoms with E-state index in [-0.39, 0.29) is 0 Å². The molecule has 0 bridgehead atoms. The summed E-state index contributed by atoms with van der Waals surface area (Å²) in [5.74, 6) is -0.876. The molecule has 0 fully saturated rings. The minimum atomic E-state index is -1.05. The fourth-order valence-corrected chi connectivity index (χ4v) is 2.20. The van der Waals surface area contributed by atoms with Gasteiger partial charge in [0.05, 0.1) is 0 Å². The topological polar surface area (TPSA) is 66.6 Å². The fourth-order valence-electron chi connectivity index (χ4n) is 2.20. The molecule has 0 aliphatic heterocycles. The van der Waals surface area contributed by atoms with Crippen LogP contribution in [0.15, 0.2) is 0 Å². The monoisotopic (exact) mass is 272 g/mol. The minimum absolute atomic E-state index is 0.487. The van der Waals surface area contributed by atoms with Gasteiger partial charge in [-0.1, -0.05) is 27.2 Å². The zero-order valence-corrected chi connectivity index (χ0v) is 13.1. The standard InChI is InChI=1S/C15H32N2O2/c1-5-8-11-17(13(4)6-2)12-9-10-15(16,7-3)14(18)19/h13H,5-12,16H2,1-4H3,(H,18,19). The van der Waals surface area contributed by atoms with Crippen molar-refractivity contribution in [2.75, 3.05) is 13.1 Å². The second-order valence-corrected chi connectivity index (χ2v) is 5.57. The molecule has 4 nitrogen and oxygen atoms in total. The highest BCUT2D eigenvalue weighted by molar-refractivity contribution is 5.78. The molecule has 0 radical (unpaired) electrons. The van der Waals surface area contributed by atoms with Crippen molar-refractivity contribution in [3.05, 3.63) is 0 Å². The number of rotatable bonds is 11. The Bertz CT molecular complexity index is 259. The summed E-state index contributed by atoms with van der Waals surface area (Å²) >= 11 is 0. The SMILES string of the molecule is CCCCN(CCCC(N)(CC)C(=O)O)C(C)CC. The van der Waals surface area contributed by atoms with Crippen molar-refractivity contribution in [3.63, 3.8) is 0 Å². The van der Waals surface area contributed by atoms with Crippen LogP contribution in [0.4, 0.5) is 0 Å².